The molecule has 0 amide bonds. The minimum absolute atomic E-state index is 0.0349. The second-order valence-corrected chi connectivity index (χ2v) is 6.77. The highest BCUT2D eigenvalue weighted by molar-refractivity contribution is 6.31. The van der Waals surface area contributed by atoms with Crippen LogP contribution in [0.4, 0.5) is 4.39 Å². The van der Waals surface area contributed by atoms with Gasteiger partial charge in [-0.3, -0.25) is 4.79 Å². The second kappa shape index (κ2) is 7.97. The fourth-order valence-corrected chi connectivity index (χ4v) is 3.15. The van der Waals surface area contributed by atoms with E-state index in [1.54, 1.807) is 49.6 Å². The smallest absolute Gasteiger partial charge is 0.231 e. The number of methoxy groups -OCH3 is 1. The first-order valence-corrected chi connectivity index (χ1v) is 9.21. The number of rotatable bonds is 5. The predicted molar refractivity (Wildman–Crippen MR) is 108 cm³/mol. The zero-order chi connectivity index (χ0) is 20.4. The number of halogens is 2. The molecule has 0 saturated carbocycles. The van der Waals surface area contributed by atoms with E-state index in [1.807, 2.05) is 12.1 Å². The first-order chi connectivity index (χ1) is 14.0. The van der Waals surface area contributed by atoms with E-state index in [9.17, 15) is 9.18 Å². The van der Waals surface area contributed by atoms with Crippen LogP contribution in [0.2, 0.25) is 5.02 Å². The Bertz CT molecular complexity index is 1090. The number of fused-ring (bicyclic) bond motifs is 1. The fourth-order valence-electron chi connectivity index (χ4n) is 2.93. The van der Waals surface area contributed by atoms with Gasteiger partial charge in [0.15, 0.2) is 5.76 Å². The molecule has 146 valence electrons. The summed E-state index contributed by atoms with van der Waals surface area (Å²) in [6.45, 7) is -0.0349. The van der Waals surface area contributed by atoms with Crippen LogP contribution in [0.1, 0.15) is 21.5 Å². The summed E-state index contributed by atoms with van der Waals surface area (Å²) in [7, 11) is 1.59. The third-order valence-electron chi connectivity index (χ3n) is 4.50. The van der Waals surface area contributed by atoms with Crippen LogP contribution in [-0.4, -0.2) is 12.9 Å². The van der Waals surface area contributed by atoms with E-state index in [0.717, 1.165) is 11.3 Å². The molecule has 6 heteroatoms. The van der Waals surface area contributed by atoms with Gasteiger partial charge in [0, 0.05) is 11.6 Å². The normalized spacial score (nSPS) is 13.9. The summed E-state index contributed by atoms with van der Waals surface area (Å²) in [6, 6.07) is 16.6. The highest BCUT2D eigenvalue weighted by Gasteiger charge is 2.27. The Kier molecular flexibility index (Phi) is 5.23. The van der Waals surface area contributed by atoms with Gasteiger partial charge in [-0.2, -0.15) is 0 Å². The molecule has 0 atom stereocenters. The van der Waals surface area contributed by atoms with Crippen LogP contribution in [-0.2, 0) is 6.61 Å². The Morgan fingerprint density at radius 2 is 1.83 bits per heavy atom. The molecule has 0 N–H and O–H groups in total. The van der Waals surface area contributed by atoms with Crippen molar-refractivity contribution in [1.82, 2.24) is 0 Å². The molecule has 4 rings (SSSR count). The minimum Gasteiger partial charge on any atom is -0.497 e. The van der Waals surface area contributed by atoms with E-state index >= 15 is 0 Å². The highest BCUT2D eigenvalue weighted by atomic mass is 35.5. The third kappa shape index (κ3) is 3.96. The molecule has 1 aliphatic heterocycles. The standard InChI is InChI=1S/C23H16ClFO4/c1-27-15-7-5-14(6-8-15)11-22-23(26)17-10-9-16(12-21(17)29-22)28-13-18-19(24)3-2-4-20(18)25/h2-12H,13H2,1H3/b22-11+. The van der Waals surface area contributed by atoms with E-state index in [1.165, 1.54) is 12.1 Å². The van der Waals surface area contributed by atoms with Crippen molar-refractivity contribution in [1.29, 1.82) is 0 Å². The molecular formula is C23H16ClFO4. The Labute approximate surface area is 172 Å². The summed E-state index contributed by atoms with van der Waals surface area (Å²) in [4.78, 5) is 12.6. The average molecular weight is 411 g/mol. The van der Waals surface area contributed by atoms with Gasteiger partial charge in [-0.1, -0.05) is 29.8 Å². The Balaban J connectivity index is 1.51. The van der Waals surface area contributed by atoms with Crippen LogP contribution in [0.5, 0.6) is 17.2 Å². The van der Waals surface area contributed by atoms with Gasteiger partial charge < -0.3 is 14.2 Å². The predicted octanol–water partition coefficient (Wildman–Crippen LogP) is 5.68. The SMILES string of the molecule is COc1ccc(/C=C2/Oc3cc(OCc4c(F)cccc4Cl)ccc3C2=O)cc1. The Hall–Kier alpha value is -3.31. The largest absolute Gasteiger partial charge is 0.497 e. The molecule has 0 fully saturated rings. The monoisotopic (exact) mass is 410 g/mol. The lowest BCUT2D eigenvalue weighted by molar-refractivity contribution is 0.101. The van der Waals surface area contributed by atoms with Crippen molar-refractivity contribution < 1.29 is 23.4 Å². The van der Waals surface area contributed by atoms with Gasteiger partial charge in [-0.05, 0) is 48.0 Å². The molecule has 29 heavy (non-hydrogen) atoms. The number of Topliss-reactive ketones (excluding diaryl/α,β-unsaturated/α-hetero) is 1. The van der Waals surface area contributed by atoms with Crippen LogP contribution in [0.25, 0.3) is 6.08 Å². The van der Waals surface area contributed by atoms with Crippen LogP contribution >= 0.6 is 11.6 Å². The van der Waals surface area contributed by atoms with Gasteiger partial charge in [-0.15, -0.1) is 0 Å². The summed E-state index contributed by atoms with van der Waals surface area (Å²) < 4.78 is 30.4. The Morgan fingerprint density at radius 1 is 1.07 bits per heavy atom. The molecule has 0 spiro atoms. The molecular weight excluding hydrogens is 395 g/mol. The van der Waals surface area contributed by atoms with E-state index in [0.29, 0.717) is 22.1 Å². The van der Waals surface area contributed by atoms with Crippen molar-refractivity contribution >= 4 is 23.5 Å². The van der Waals surface area contributed by atoms with Gasteiger partial charge in [0.25, 0.3) is 0 Å². The van der Waals surface area contributed by atoms with E-state index in [-0.39, 0.29) is 23.7 Å². The summed E-state index contributed by atoms with van der Waals surface area (Å²) in [5.41, 5.74) is 1.53. The van der Waals surface area contributed by atoms with E-state index < -0.39 is 5.82 Å². The third-order valence-corrected chi connectivity index (χ3v) is 4.85. The lowest BCUT2D eigenvalue weighted by Gasteiger charge is -2.09. The van der Waals surface area contributed by atoms with Crippen molar-refractivity contribution in [3.8, 4) is 17.2 Å². The summed E-state index contributed by atoms with van der Waals surface area (Å²) >= 11 is 6.02. The number of allylic oxidation sites excluding steroid dienone is 1. The van der Waals surface area contributed by atoms with Crippen molar-refractivity contribution in [2.45, 2.75) is 6.61 Å². The van der Waals surface area contributed by atoms with Gasteiger partial charge in [0.1, 0.15) is 29.7 Å². The van der Waals surface area contributed by atoms with Crippen molar-refractivity contribution in [3.05, 3.63) is 94.0 Å². The second-order valence-electron chi connectivity index (χ2n) is 6.36. The molecule has 0 bridgehead atoms. The topological polar surface area (TPSA) is 44.8 Å². The summed E-state index contributed by atoms with van der Waals surface area (Å²) in [6.07, 6.45) is 1.67. The van der Waals surface area contributed by atoms with Crippen LogP contribution in [0, 0.1) is 5.82 Å². The molecule has 0 aliphatic carbocycles. The summed E-state index contributed by atoms with van der Waals surface area (Å²) in [5.74, 6) is 1.15. The van der Waals surface area contributed by atoms with Gasteiger partial charge in [-0.25, -0.2) is 4.39 Å². The molecule has 3 aromatic rings. The maximum absolute atomic E-state index is 13.9. The summed E-state index contributed by atoms with van der Waals surface area (Å²) in [5, 5.41) is 0.294. The average Bonchev–Trinajstić information content (AvgIpc) is 3.03. The van der Waals surface area contributed by atoms with Crippen LogP contribution in [0.3, 0.4) is 0 Å². The van der Waals surface area contributed by atoms with E-state index in [4.69, 9.17) is 25.8 Å². The number of benzene rings is 3. The first-order valence-electron chi connectivity index (χ1n) is 8.83. The van der Waals surface area contributed by atoms with E-state index in [2.05, 4.69) is 0 Å². The lowest BCUT2D eigenvalue weighted by Crippen LogP contribution is -1.99. The van der Waals surface area contributed by atoms with Crippen LogP contribution < -0.4 is 14.2 Å². The minimum atomic E-state index is -0.435. The number of carbonyl (C=O) groups excluding carboxylic acids is 1. The molecule has 4 nitrogen and oxygen atoms in total. The van der Waals surface area contributed by atoms with Gasteiger partial charge >= 0.3 is 0 Å². The Morgan fingerprint density at radius 3 is 2.55 bits per heavy atom. The number of carbonyl (C=O) groups is 1. The molecule has 0 aromatic heterocycles. The van der Waals surface area contributed by atoms with Crippen molar-refractivity contribution in [2.24, 2.45) is 0 Å². The molecule has 3 aromatic carbocycles. The number of hydrogen-bond acceptors (Lipinski definition) is 4. The molecule has 1 aliphatic rings. The molecule has 0 saturated heterocycles. The molecule has 1 heterocycles. The number of ketones is 1. The highest BCUT2D eigenvalue weighted by Crippen LogP contribution is 2.35. The van der Waals surface area contributed by atoms with Gasteiger partial charge in [0.2, 0.25) is 5.78 Å². The molecule has 0 unspecified atom stereocenters. The first kappa shape index (κ1) is 19.0. The lowest BCUT2D eigenvalue weighted by atomic mass is 10.1. The van der Waals surface area contributed by atoms with Gasteiger partial charge in [0.05, 0.1) is 17.7 Å². The number of ether oxygens (including phenoxy) is 3. The van der Waals surface area contributed by atoms with Crippen molar-refractivity contribution in [2.75, 3.05) is 7.11 Å². The van der Waals surface area contributed by atoms with Crippen LogP contribution in [0.15, 0.2) is 66.4 Å². The maximum Gasteiger partial charge on any atom is 0.231 e. The molecule has 0 radical (unpaired) electrons. The zero-order valence-electron chi connectivity index (χ0n) is 15.4. The zero-order valence-corrected chi connectivity index (χ0v) is 16.2. The van der Waals surface area contributed by atoms with Crippen molar-refractivity contribution in [3.63, 3.8) is 0 Å². The maximum atomic E-state index is 13.9. The fraction of sp³-hybridized carbons (Fsp3) is 0.0870. The quantitative estimate of drug-likeness (QED) is 0.507. The number of hydrogen-bond donors (Lipinski definition) is 0.